The van der Waals surface area contributed by atoms with Crippen molar-refractivity contribution in [3.05, 3.63) is 54.1 Å². The number of hydrogen-bond donors (Lipinski definition) is 0. The summed E-state index contributed by atoms with van der Waals surface area (Å²) in [5, 5.41) is 0. The Morgan fingerprint density at radius 3 is 2.63 bits per heavy atom. The van der Waals surface area contributed by atoms with Gasteiger partial charge in [0.2, 0.25) is 0 Å². The van der Waals surface area contributed by atoms with Crippen LogP contribution in [-0.4, -0.2) is 56.9 Å². The SMILES string of the molecule is O=C(COc1ccccc1)N1CCOc2ccc(N3CCOCC3)cc2C1. The van der Waals surface area contributed by atoms with E-state index in [1.807, 2.05) is 36.4 Å². The Kier molecular flexibility index (Phi) is 5.44. The fourth-order valence-electron chi connectivity index (χ4n) is 3.36. The minimum atomic E-state index is -0.0351. The number of carbonyl (C=O) groups excluding carboxylic acids is 1. The topological polar surface area (TPSA) is 51.2 Å². The molecule has 6 heteroatoms. The Morgan fingerprint density at radius 1 is 1.00 bits per heavy atom. The molecule has 0 spiro atoms. The standard InChI is InChI=1S/C21H24N2O4/c24-21(16-27-19-4-2-1-3-5-19)23-10-13-26-20-7-6-18(14-17(20)15-23)22-8-11-25-12-9-22/h1-7,14H,8-13,15-16H2. The van der Waals surface area contributed by atoms with Crippen LogP contribution in [-0.2, 0) is 16.1 Å². The van der Waals surface area contributed by atoms with Crippen molar-refractivity contribution >= 4 is 11.6 Å². The van der Waals surface area contributed by atoms with Crippen LogP contribution in [0.5, 0.6) is 11.5 Å². The van der Waals surface area contributed by atoms with Crippen LogP contribution in [0, 0.1) is 0 Å². The van der Waals surface area contributed by atoms with Gasteiger partial charge in [0.25, 0.3) is 5.91 Å². The van der Waals surface area contributed by atoms with Gasteiger partial charge in [-0.05, 0) is 30.3 Å². The van der Waals surface area contributed by atoms with Crippen LogP contribution in [0.1, 0.15) is 5.56 Å². The van der Waals surface area contributed by atoms with Crippen LogP contribution in [0.4, 0.5) is 5.69 Å². The van der Waals surface area contributed by atoms with E-state index in [2.05, 4.69) is 17.0 Å². The summed E-state index contributed by atoms with van der Waals surface area (Å²) in [6.07, 6.45) is 0. The van der Waals surface area contributed by atoms with Gasteiger partial charge in [-0.25, -0.2) is 0 Å². The van der Waals surface area contributed by atoms with Crippen molar-refractivity contribution in [3.63, 3.8) is 0 Å². The first-order valence-electron chi connectivity index (χ1n) is 9.34. The zero-order chi connectivity index (χ0) is 18.5. The molecule has 1 fully saturated rings. The van der Waals surface area contributed by atoms with Crippen molar-refractivity contribution in [2.45, 2.75) is 6.54 Å². The summed E-state index contributed by atoms with van der Waals surface area (Å²) in [6, 6.07) is 15.6. The molecule has 2 aromatic rings. The number of anilines is 1. The average molecular weight is 368 g/mol. The van der Waals surface area contributed by atoms with Gasteiger partial charge in [-0.3, -0.25) is 4.79 Å². The molecule has 2 heterocycles. The third kappa shape index (κ3) is 4.34. The molecular formula is C21H24N2O4. The zero-order valence-electron chi connectivity index (χ0n) is 15.3. The molecule has 2 aromatic carbocycles. The van der Waals surface area contributed by atoms with E-state index in [1.54, 1.807) is 4.90 Å². The summed E-state index contributed by atoms with van der Waals surface area (Å²) in [5.74, 6) is 1.52. The number of amides is 1. The molecule has 0 N–H and O–H groups in total. The molecule has 0 aromatic heterocycles. The molecule has 1 saturated heterocycles. The highest BCUT2D eigenvalue weighted by molar-refractivity contribution is 5.78. The van der Waals surface area contributed by atoms with Gasteiger partial charge in [-0.2, -0.15) is 0 Å². The van der Waals surface area contributed by atoms with Gasteiger partial charge in [-0.15, -0.1) is 0 Å². The molecule has 0 bridgehead atoms. The normalized spacial score (nSPS) is 16.9. The maximum Gasteiger partial charge on any atom is 0.260 e. The van der Waals surface area contributed by atoms with Crippen LogP contribution in [0.15, 0.2) is 48.5 Å². The third-order valence-corrected chi connectivity index (χ3v) is 4.86. The predicted octanol–water partition coefficient (Wildman–Crippen LogP) is 2.32. The summed E-state index contributed by atoms with van der Waals surface area (Å²) < 4.78 is 16.9. The number of carbonyl (C=O) groups is 1. The van der Waals surface area contributed by atoms with Gasteiger partial charge in [0.05, 0.1) is 19.8 Å². The van der Waals surface area contributed by atoms with E-state index in [4.69, 9.17) is 14.2 Å². The highest BCUT2D eigenvalue weighted by atomic mass is 16.5. The average Bonchev–Trinajstić information content (AvgIpc) is 2.95. The molecule has 142 valence electrons. The number of ether oxygens (including phenoxy) is 3. The van der Waals surface area contributed by atoms with Crippen LogP contribution < -0.4 is 14.4 Å². The number of benzene rings is 2. The molecule has 2 aliphatic rings. The van der Waals surface area contributed by atoms with E-state index in [0.717, 1.165) is 43.3 Å². The van der Waals surface area contributed by atoms with E-state index < -0.39 is 0 Å². The lowest BCUT2D eigenvalue weighted by atomic mass is 10.1. The molecule has 6 nitrogen and oxygen atoms in total. The molecule has 0 radical (unpaired) electrons. The fourth-order valence-corrected chi connectivity index (χ4v) is 3.36. The molecule has 2 aliphatic heterocycles. The van der Waals surface area contributed by atoms with Gasteiger partial charge in [0, 0.05) is 30.9 Å². The lowest BCUT2D eigenvalue weighted by molar-refractivity contribution is -0.134. The first-order chi connectivity index (χ1) is 13.3. The smallest absolute Gasteiger partial charge is 0.260 e. The minimum absolute atomic E-state index is 0.0303. The lowest BCUT2D eigenvalue weighted by Crippen LogP contribution is -2.36. The Balaban J connectivity index is 1.44. The lowest BCUT2D eigenvalue weighted by Gasteiger charge is -2.29. The highest BCUT2D eigenvalue weighted by Gasteiger charge is 2.22. The Hall–Kier alpha value is -2.73. The number of morpholine rings is 1. The summed E-state index contributed by atoms with van der Waals surface area (Å²) in [6.45, 7) is 4.86. The number of hydrogen-bond acceptors (Lipinski definition) is 5. The Morgan fingerprint density at radius 2 is 1.81 bits per heavy atom. The highest BCUT2D eigenvalue weighted by Crippen LogP contribution is 2.28. The van der Waals surface area contributed by atoms with Gasteiger partial charge in [-0.1, -0.05) is 18.2 Å². The second-order valence-corrected chi connectivity index (χ2v) is 6.66. The minimum Gasteiger partial charge on any atom is -0.491 e. The fraction of sp³-hybridized carbons (Fsp3) is 0.381. The van der Waals surface area contributed by atoms with Gasteiger partial charge < -0.3 is 24.0 Å². The van der Waals surface area contributed by atoms with Crippen molar-refractivity contribution in [1.29, 1.82) is 0 Å². The second-order valence-electron chi connectivity index (χ2n) is 6.66. The summed E-state index contributed by atoms with van der Waals surface area (Å²) in [4.78, 5) is 16.7. The molecule has 0 saturated carbocycles. The van der Waals surface area contributed by atoms with E-state index in [1.165, 1.54) is 0 Å². The predicted molar refractivity (Wildman–Crippen MR) is 102 cm³/mol. The van der Waals surface area contributed by atoms with Crippen LogP contribution >= 0.6 is 0 Å². The molecule has 1 amide bonds. The van der Waals surface area contributed by atoms with E-state index >= 15 is 0 Å². The van der Waals surface area contributed by atoms with Crippen molar-refractivity contribution in [2.24, 2.45) is 0 Å². The first-order valence-corrected chi connectivity index (χ1v) is 9.34. The van der Waals surface area contributed by atoms with Gasteiger partial charge in [0.15, 0.2) is 6.61 Å². The number of rotatable bonds is 4. The maximum atomic E-state index is 12.6. The number of para-hydroxylation sites is 1. The molecule has 0 aliphatic carbocycles. The zero-order valence-corrected chi connectivity index (χ0v) is 15.3. The van der Waals surface area contributed by atoms with Gasteiger partial charge >= 0.3 is 0 Å². The molecule has 0 atom stereocenters. The summed E-state index contributed by atoms with van der Waals surface area (Å²) in [5.41, 5.74) is 2.18. The van der Waals surface area contributed by atoms with E-state index in [-0.39, 0.29) is 12.5 Å². The molecule has 0 unspecified atom stereocenters. The van der Waals surface area contributed by atoms with Crippen molar-refractivity contribution in [3.8, 4) is 11.5 Å². The Bertz CT molecular complexity index is 775. The number of nitrogens with zero attached hydrogens (tertiary/aromatic N) is 2. The Labute approximate surface area is 159 Å². The van der Waals surface area contributed by atoms with Crippen molar-refractivity contribution < 1.29 is 19.0 Å². The van der Waals surface area contributed by atoms with Crippen molar-refractivity contribution in [1.82, 2.24) is 4.90 Å². The molecular weight excluding hydrogens is 344 g/mol. The van der Waals surface area contributed by atoms with Crippen LogP contribution in [0.2, 0.25) is 0 Å². The first kappa shape index (κ1) is 17.7. The van der Waals surface area contributed by atoms with E-state index in [0.29, 0.717) is 25.4 Å². The molecule has 4 rings (SSSR count). The van der Waals surface area contributed by atoms with Gasteiger partial charge in [0.1, 0.15) is 18.1 Å². The second kappa shape index (κ2) is 8.31. The van der Waals surface area contributed by atoms with Crippen LogP contribution in [0.3, 0.4) is 0 Å². The van der Waals surface area contributed by atoms with Crippen LogP contribution in [0.25, 0.3) is 0 Å². The monoisotopic (exact) mass is 368 g/mol. The quantitative estimate of drug-likeness (QED) is 0.829. The molecule has 27 heavy (non-hydrogen) atoms. The van der Waals surface area contributed by atoms with Crippen molar-refractivity contribution in [2.75, 3.05) is 51.0 Å². The summed E-state index contributed by atoms with van der Waals surface area (Å²) in [7, 11) is 0. The number of fused-ring (bicyclic) bond motifs is 1. The van der Waals surface area contributed by atoms with E-state index in [9.17, 15) is 4.79 Å². The maximum absolute atomic E-state index is 12.6. The third-order valence-electron chi connectivity index (χ3n) is 4.86. The summed E-state index contributed by atoms with van der Waals surface area (Å²) >= 11 is 0. The largest absolute Gasteiger partial charge is 0.491 e.